The normalized spacial score (nSPS) is 10.3. The second-order valence-electron chi connectivity index (χ2n) is 4.04. The van der Waals surface area contributed by atoms with Crippen molar-refractivity contribution in [3.63, 3.8) is 0 Å². The van der Waals surface area contributed by atoms with Crippen molar-refractivity contribution < 1.29 is 14.6 Å². The van der Waals surface area contributed by atoms with Crippen LogP contribution in [0.1, 0.15) is 17.5 Å². The minimum absolute atomic E-state index is 0.104. The summed E-state index contributed by atoms with van der Waals surface area (Å²) in [6, 6.07) is 8.52. The van der Waals surface area contributed by atoms with Crippen molar-refractivity contribution in [2.24, 2.45) is 0 Å². The van der Waals surface area contributed by atoms with Gasteiger partial charge in [0.05, 0.1) is 13.0 Å². The molecule has 100 valence electrons. The molecule has 0 spiro atoms. The number of carbonyl (C=O) groups is 1. The van der Waals surface area contributed by atoms with E-state index in [1.807, 2.05) is 0 Å². The number of carbonyl (C=O) groups excluding carboxylic acids is 1. The number of aliphatic hydroxyl groups is 1. The van der Waals surface area contributed by atoms with Crippen molar-refractivity contribution in [2.75, 3.05) is 24.7 Å². The van der Waals surface area contributed by atoms with Gasteiger partial charge in [-0.3, -0.25) is 4.79 Å². The molecule has 0 aliphatic carbocycles. The third-order valence-corrected chi connectivity index (χ3v) is 3.45. The van der Waals surface area contributed by atoms with E-state index in [2.05, 4.69) is 31.2 Å². The number of benzene rings is 1. The summed E-state index contributed by atoms with van der Waals surface area (Å²) >= 11 is 1.75. The number of ether oxygens (including phenoxy) is 1. The van der Waals surface area contributed by atoms with Crippen LogP contribution < -0.4 is 0 Å². The van der Waals surface area contributed by atoms with Crippen LogP contribution in [0.3, 0.4) is 0 Å². The lowest BCUT2D eigenvalue weighted by Crippen LogP contribution is -2.09. The average Bonchev–Trinajstić information content (AvgIpc) is 2.38. The van der Waals surface area contributed by atoms with E-state index in [0.717, 1.165) is 17.9 Å². The lowest BCUT2D eigenvalue weighted by atomic mass is 10.1. The average molecular weight is 268 g/mol. The Morgan fingerprint density at radius 2 is 2.00 bits per heavy atom. The summed E-state index contributed by atoms with van der Waals surface area (Å²) in [6.07, 6.45) is 1.44. The molecule has 0 saturated heterocycles. The Labute approximate surface area is 113 Å². The molecule has 18 heavy (non-hydrogen) atoms. The van der Waals surface area contributed by atoms with E-state index >= 15 is 0 Å². The second-order valence-corrected chi connectivity index (χ2v) is 5.27. The molecule has 1 aromatic rings. The molecule has 0 radical (unpaired) electrons. The largest absolute Gasteiger partial charge is 0.463 e. The molecule has 0 unspecified atom stereocenters. The fourth-order valence-corrected chi connectivity index (χ4v) is 2.33. The highest BCUT2D eigenvalue weighted by atomic mass is 32.2. The zero-order valence-electron chi connectivity index (χ0n) is 10.7. The summed E-state index contributed by atoms with van der Waals surface area (Å²) in [5.74, 6) is 1.55. The third-order valence-electron chi connectivity index (χ3n) is 2.46. The molecule has 0 atom stereocenters. The Bertz CT molecular complexity index is 349. The van der Waals surface area contributed by atoms with Gasteiger partial charge in [-0.05, 0) is 24.7 Å². The first kappa shape index (κ1) is 15.1. The van der Waals surface area contributed by atoms with Gasteiger partial charge >= 0.3 is 5.97 Å². The Morgan fingerprint density at radius 3 is 2.67 bits per heavy atom. The first-order chi connectivity index (χ1) is 8.72. The maximum absolute atomic E-state index is 11.1. The minimum atomic E-state index is -0.230. The molecule has 0 aliphatic heterocycles. The van der Waals surface area contributed by atoms with E-state index < -0.39 is 0 Å². The van der Waals surface area contributed by atoms with E-state index in [0.29, 0.717) is 6.42 Å². The number of esters is 1. The fraction of sp³-hybridized carbons (Fsp3) is 0.500. The van der Waals surface area contributed by atoms with E-state index in [9.17, 15) is 4.79 Å². The topological polar surface area (TPSA) is 46.5 Å². The van der Waals surface area contributed by atoms with Crippen LogP contribution in [0.25, 0.3) is 0 Å². The summed E-state index contributed by atoms with van der Waals surface area (Å²) in [6.45, 7) is 2.08. The molecule has 0 fully saturated rings. The number of aryl methyl sites for hydroxylation is 2. The number of hydrogen-bond acceptors (Lipinski definition) is 4. The van der Waals surface area contributed by atoms with Crippen LogP contribution in [0.4, 0.5) is 0 Å². The highest BCUT2D eigenvalue weighted by molar-refractivity contribution is 7.99. The van der Waals surface area contributed by atoms with Crippen LogP contribution >= 0.6 is 11.8 Å². The molecule has 0 bridgehead atoms. The van der Waals surface area contributed by atoms with Crippen LogP contribution in [-0.2, 0) is 16.0 Å². The standard InChI is InChI=1S/C14H20O3S/c1-12-2-4-13(5-3-12)6-10-18-11-7-14(16)17-9-8-15/h2-5,15H,6-11H2,1H3. The lowest BCUT2D eigenvalue weighted by Gasteiger charge is -2.03. The van der Waals surface area contributed by atoms with Gasteiger partial charge in [-0.1, -0.05) is 29.8 Å². The summed E-state index contributed by atoms with van der Waals surface area (Å²) in [5, 5.41) is 8.49. The second kappa shape index (κ2) is 9.00. The zero-order chi connectivity index (χ0) is 13.2. The Hall–Kier alpha value is -1.00. The van der Waals surface area contributed by atoms with Gasteiger partial charge in [-0.25, -0.2) is 0 Å². The van der Waals surface area contributed by atoms with Crippen molar-refractivity contribution in [2.45, 2.75) is 19.8 Å². The van der Waals surface area contributed by atoms with Crippen LogP contribution in [-0.4, -0.2) is 35.8 Å². The van der Waals surface area contributed by atoms with Crippen LogP contribution in [0.2, 0.25) is 0 Å². The molecular formula is C14H20O3S. The van der Waals surface area contributed by atoms with Gasteiger partial charge in [0.15, 0.2) is 0 Å². The SMILES string of the molecule is Cc1ccc(CCSCCC(=O)OCCO)cc1. The molecule has 0 aliphatic rings. The van der Waals surface area contributed by atoms with Crippen LogP contribution in [0.5, 0.6) is 0 Å². The minimum Gasteiger partial charge on any atom is -0.463 e. The molecule has 0 amide bonds. The zero-order valence-corrected chi connectivity index (χ0v) is 11.5. The third kappa shape index (κ3) is 6.67. The van der Waals surface area contributed by atoms with E-state index in [1.165, 1.54) is 11.1 Å². The molecule has 0 aromatic heterocycles. The van der Waals surface area contributed by atoms with Gasteiger partial charge < -0.3 is 9.84 Å². The Kier molecular flexibility index (Phi) is 7.53. The van der Waals surface area contributed by atoms with Crippen molar-refractivity contribution in [3.05, 3.63) is 35.4 Å². The molecule has 3 nitrogen and oxygen atoms in total. The van der Waals surface area contributed by atoms with Crippen molar-refractivity contribution in [1.82, 2.24) is 0 Å². The fourth-order valence-electron chi connectivity index (χ4n) is 1.43. The predicted octanol–water partition coefficient (Wildman–Crippen LogP) is 2.20. The van der Waals surface area contributed by atoms with Crippen molar-refractivity contribution >= 4 is 17.7 Å². The molecule has 1 aromatic carbocycles. The van der Waals surface area contributed by atoms with Crippen LogP contribution in [0, 0.1) is 6.92 Å². The number of hydrogen-bond donors (Lipinski definition) is 1. The monoisotopic (exact) mass is 268 g/mol. The van der Waals surface area contributed by atoms with E-state index in [-0.39, 0.29) is 19.2 Å². The molecule has 4 heteroatoms. The maximum atomic E-state index is 11.1. The summed E-state index contributed by atoms with van der Waals surface area (Å²) in [5.41, 5.74) is 2.61. The van der Waals surface area contributed by atoms with Gasteiger partial charge in [0, 0.05) is 5.75 Å². The van der Waals surface area contributed by atoms with E-state index in [4.69, 9.17) is 9.84 Å². The first-order valence-electron chi connectivity index (χ1n) is 6.12. The van der Waals surface area contributed by atoms with Crippen LogP contribution in [0.15, 0.2) is 24.3 Å². The van der Waals surface area contributed by atoms with Crippen molar-refractivity contribution in [1.29, 1.82) is 0 Å². The molecule has 0 heterocycles. The molecule has 0 saturated carbocycles. The summed E-state index contributed by atoms with van der Waals surface area (Å²) < 4.78 is 4.77. The summed E-state index contributed by atoms with van der Waals surface area (Å²) in [7, 11) is 0. The lowest BCUT2D eigenvalue weighted by molar-refractivity contribution is -0.144. The molecular weight excluding hydrogens is 248 g/mol. The molecule has 1 N–H and O–H groups in total. The number of rotatable bonds is 8. The van der Waals surface area contributed by atoms with Gasteiger partial charge in [-0.2, -0.15) is 11.8 Å². The quantitative estimate of drug-likeness (QED) is 0.580. The Balaban J connectivity index is 2.05. The predicted molar refractivity (Wildman–Crippen MR) is 74.9 cm³/mol. The highest BCUT2D eigenvalue weighted by Gasteiger charge is 2.02. The van der Waals surface area contributed by atoms with Gasteiger partial charge in [-0.15, -0.1) is 0 Å². The highest BCUT2D eigenvalue weighted by Crippen LogP contribution is 2.09. The number of thioether (sulfide) groups is 1. The molecule has 1 rings (SSSR count). The maximum Gasteiger partial charge on any atom is 0.306 e. The Morgan fingerprint density at radius 1 is 1.28 bits per heavy atom. The number of aliphatic hydroxyl groups excluding tert-OH is 1. The van der Waals surface area contributed by atoms with Gasteiger partial charge in [0.25, 0.3) is 0 Å². The first-order valence-corrected chi connectivity index (χ1v) is 7.27. The van der Waals surface area contributed by atoms with Crippen molar-refractivity contribution in [3.8, 4) is 0 Å². The summed E-state index contributed by atoms with van der Waals surface area (Å²) in [4.78, 5) is 11.1. The smallest absolute Gasteiger partial charge is 0.306 e. The van der Waals surface area contributed by atoms with Gasteiger partial charge in [0.1, 0.15) is 6.61 Å². The van der Waals surface area contributed by atoms with Gasteiger partial charge in [0.2, 0.25) is 0 Å². The van der Waals surface area contributed by atoms with E-state index in [1.54, 1.807) is 11.8 Å².